The summed E-state index contributed by atoms with van der Waals surface area (Å²) in [4.78, 5) is -0.00963. The van der Waals surface area contributed by atoms with Crippen molar-refractivity contribution in [1.82, 2.24) is 10.6 Å². The van der Waals surface area contributed by atoms with Gasteiger partial charge in [-0.15, -0.1) is 9.46 Å². The van der Waals surface area contributed by atoms with E-state index >= 15 is 0 Å². The summed E-state index contributed by atoms with van der Waals surface area (Å²) < 4.78 is 28.1. The van der Waals surface area contributed by atoms with Gasteiger partial charge in [-0.2, -0.15) is 8.42 Å². The number of benzene rings is 1. The lowest BCUT2D eigenvalue weighted by Crippen LogP contribution is -2.45. The number of guanidine groups is 1. The molecule has 0 radical (unpaired) electrons. The zero-order chi connectivity index (χ0) is 13.1. The fourth-order valence-corrected chi connectivity index (χ4v) is 1.95. The average Bonchev–Trinajstić information content (AvgIpc) is 2.26. The van der Waals surface area contributed by atoms with Crippen molar-refractivity contribution in [2.45, 2.75) is 11.8 Å². The van der Waals surface area contributed by atoms with E-state index in [-0.39, 0.29) is 4.90 Å². The van der Waals surface area contributed by atoms with E-state index in [1.54, 1.807) is 12.1 Å². The van der Waals surface area contributed by atoms with Gasteiger partial charge < -0.3 is 5.73 Å². The monoisotopic (exact) mass is 258 g/mol. The van der Waals surface area contributed by atoms with E-state index in [0.717, 1.165) is 5.56 Å². The molecule has 0 heterocycles. The molecule has 0 atom stereocenters. The number of hydrogen-bond acceptors (Lipinski definition) is 5. The lowest BCUT2D eigenvalue weighted by Gasteiger charge is -2.18. The Balaban J connectivity index is 2.96. The highest BCUT2D eigenvalue weighted by Gasteiger charge is 2.20. The maximum atomic E-state index is 11.8. The second-order valence-electron chi connectivity index (χ2n) is 3.24. The zero-order valence-electron chi connectivity index (χ0n) is 9.47. The Hall–Kier alpha value is -1.64. The molecule has 0 bridgehead atoms. The molecule has 0 fully saturated rings. The first kappa shape index (κ1) is 13.4. The Kier molecular flexibility index (Phi) is 4.05. The van der Waals surface area contributed by atoms with Crippen LogP contribution >= 0.6 is 0 Å². The largest absolute Gasteiger partial charge is 0.367 e. The Morgan fingerprint density at radius 3 is 2.35 bits per heavy atom. The van der Waals surface area contributed by atoms with Crippen LogP contribution in [0.15, 0.2) is 29.2 Å². The van der Waals surface area contributed by atoms with E-state index in [9.17, 15) is 8.42 Å². The van der Waals surface area contributed by atoms with Gasteiger partial charge >= 0.3 is 10.1 Å². The van der Waals surface area contributed by atoms with Crippen LogP contribution in [0.5, 0.6) is 0 Å². The van der Waals surface area contributed by atoms with Crippen LogP contribution in [-0.4, -0.2) is 26.6 Å². The minimum Gasteiger partial charge on any atom is -0.367 e. The molecule has 8 heteroatoms. The second-order valence-corrected chi connectivity index (χ2v) is 4.77. The molecule has 94 valence electrons. The van der Waals surface area contributed by atoms with Crippen LogP contribution in [0, 0.1) is 12.3 Å². The molecule has 1 aromatic carbocycles. The molecule has 0 aromatic heterocycles. The van der Waals surface area contributed by atoms with Gasteiger partial charge in [0.2, 0.25) is 5.96 Å². The van der Waals surface area contributed by atoms with Gasteiger partial charge in [0.25, 0.3) is 0 Å². The van der Waals surface area contributed by atoms with Crippen molar-refractivity contribution >= 4 is 16.1 Å². The Labute approximate surface area is 99.7 Å². The van der Waals surface area contributed by atoms with Crippen molar-refractivity contribution in [3.05, 3.63) is 29.8 Å². The minimum absolute atomic E-state index is 0.00963. The van der Waals surface area contributed by atoms with Crippen LogP contribution in [0.4, 0.5) is 0 Å². The molecule has 0 saturated heterocycles. The summed E-state index contributed by atoms with van der Waals surface area (Å²) in [5.74, 6) is -0.566. The lowest BCUT2D eigenvalue weighted by atomic mass is 10.2. The predicted molar refractivity (Wildman–Crippen MR) is 62.3 cm³/mol. The van der Waals surface area contributed by atoms with Gasteiger partial charge in [0.1, 0.15) is 0 Å². The van der Waals surface area contributed by atoms with Crippen molar-refractivity contribution in [2.24, 2.45) is 5.73 Å². The van der Waals surface area contributed by atoms with Crippen LogP contribution < -0.4 is 11.2 Å². The number of hydrazine groups is 1. The highest BCUT2D eigenvalue weighted by atomic mass is 32.2. The standard InChI is InChI=1S/C9H14N4O3S/c1-7-3-5-8(6-4-7)17(14,15)16-13(12-2)9(10)11/h3-6,12H,1-2H3,(H3,10,11). The molecule has 4 N–H and O–H groups in total. The second kappa shape index (κ2) is 5.13. The molecular weight excluding hydrogens is 244 g/mol. The van der Waals surface area contributed by atoms with Gasteiger partial charge in [0, 0.05) is 7.05 Å². The van der Waals surface area contributed by atoms with Crippen molar-refractivity contribution in [2.75, 3.05) is 7.05 Å². The third kappa shape index (κ3) is 3.41. The van der Waals surface area contributed by atoms with Gasteiger partial charge in [-0.05, 0) is 19.1 Å². The molecule has 0 aliphatic carbocycles. The summed E-state index contributed by atoms with van der Waals surface area (Å²) in [5, 5.41) is 7.63. The number of rotatable bonds is 4. The summed E-state index contributed by atoms with van der Waals surface area (Å²) in [6, 6.07) is 6.12. The van der Waals surface area contributed by atoms with Gasteiger partial charge in [-0.3, -0.25) is 5.41 Å². The molecular formula is C9H14N4O3S. The molecule has 1 aromatic rings. The smallest absolute Gasteiger partial charge is 0.319 e. The number of nitrogens with zero attached hydrogens (tertiary/aromatic N) is 1. The van der Waals surface area contributed by atoms with E-state index in [2.05, 4.69) is 9.71 Å². The topological polar surface area (TPSA) is 109 Å². The fraction of sp³-hybridized carbons (Fsp3) is 0.222. The number of nitrogens with one attached hydrogen (secondary N) is 2. The maximum absolute atomic E-state index is 11.8. The first-order chi connectivity index (χ1) is 7.86. The van der Waals surface area contributed by atoms with E-state index in [4.69, 9.17) is 11.1 Å². The number of hydrogen-bond donors (Lipinski definition) is 3. The first-order valence-electron chi connectivity index (χ1n) is 4.69. The molecule has 0 spiro atoms. The first-order valence-corrected chi connectivity index (χ1v) is 6.10. The third-order valence-electron chi connectivity index (χ3n) is 1.90. The average molecular weight is 258 g/mol. The van der Waals surface area contributed by atoms with Crippen molar-refractivity contribution in [1.29, 1.82) is 5.41 Å². The highest BCUT2D eigenvalue weighted by Crippen LogP contribution is 2.13. The Morgan fingerprint density at radius 1 is 1.41 bits per heavy atom. The summed E-state index contributed by atoms with van der Waals surface area (Å²) in [6.07, 6.45) is 0. The van der Waals surface area contributed by atoms with Gasteiger partial charge in [-0.1, -0.05) is 17.7 Å². The van der Waals surface area contributed by atoms with Crippen LogP contribution in [0.25, 0.3) is 0 Å². The molecule has 0 aliphatic heterocycles. The maximum Gasteiger partial charge on any atom is 0.319 e. The third-order valence-corrected chi connectivity index (χ3v) is 3.10. The molecule has 7 nitrogen and oxygen atoms in total. The predicted octanol–water partition coefficient (Wildman–Crippen LogP) is -0.0548. The summed E-state index contributed by atoms with van der Waals surface area (Å²) in [5.41, 5.74) is 8.37. The van der Waals surface area contributed by atoms with Gasteiger partial charge in [0.05, 0.1) is 4.90 Å². The summed E-state index contributed by atoms with van der Waals surface area (Å²) in [6.45, 7) is 1.84. The van der Waals surface area contributed by atoms with Crippen LogP contribution in [-0.2, 0) is 14.4 Å². The molecule has 1 rings (SSSR count). The highest BCUT2D eigenvalue weighted by molar-refractivity contribution is 7.86. The summed E-state index contributed by atoms with van der Waals surface area (Å²) in [7, 11) is -2.61. The van der Waals surface area contributed by atoms with Crippen molar-refractivity contribution in [3.63, 3.8) is 0 Å². The number of hydroxylamine groups is 1. The SMILES string of the molecule is CNN(OS(=O)(=O)c1ccc(C)cc1)C(=N)N. The van der Waals surface area contributed by atoms with Gasteiger partial charge in [0.15, 0.2) is 0 Å². The number of nitrogens with two attached hydrogens (primary N) is 1. The van der Waals surface area contributed by atoms with Crippen molar-refractivity contribution in [3.8, 4) is 0 Å². The number of aryl methyl sites for hydroxylation is 1. The quantitative estimate of drug-likeness (QED) is 0.397. The Bertz CT molecular complexity index is 497. The van der Waals surface area contributed by atoms with E-state index in [1.165, 1.54) is 19.2 Å². The lowest BCUT2D eigenvalue weighted by molar-refractivity contribution is -0.0173. The van der Waals surface area contributed by atoms with Gasteiger partial charge in [-0.25, -0.2) is 5.43 Å². The Morgan fingerprint density at radius 2 is 1.94 bits per heavy atom. The zero-order valence-corrected chi connectivity index (χ0v) is 10.3. The van der Waals surface area contributed by atoms with Crippen LogP contribution in [0.3, 0.4) is 0 Å². The van der Waals surface area contributed by atoms with E-state index in [0.29, 0.717) is 5.17 Å². The normalized spacial score (nSPS) is 11.2. The molecule has 17 heavy (non-hydrogen) atoms. The molecule has 0 unspecified atom stereocenters. The fourth-order valence-electron chi connectivity index (χ4n) is 1.04. The van der Waals surface area contributed by atoms with Crippen LogP contribution in [0.1, 0.15) is 5.56 Å². The van der Waals surface area contributed by atoms with E-state index in [1.807, 2.05) is 6.92 Å². The summed E-state index contributed by atoms with van der Waals surface area (Å²) >= 11 is 0. The molecule has 0 amide bonds. The van der Waals surface area contributed by atoms with Crippen LogP contribution in [0.2, 0.25) is 0 Å². The van der Waals surface area contributed by atoms with E-state index < -0.39 is 16.1 Å². The molecule has 0 saturated carbocycles. The molecule has 0 aliphatic rings. The minimum atomic E-state index is -3.99. The van der Waals surface area contributed by atoms with Crippen molar-refractivity contribution < 1.29 is 12.7 Å².